The Morgan fingerprint density at radius 2 is 2.00 bits per heavy atom. The molecule has 0 aliphatic heterocycles. The number of benzene rings is 1. The van der Waals surface area contributed by atoms with Gasteiger partial charge in [0.1, 0.15) is 16.5 Å². The summed E-state index contributed by atoms with van der Waals surface area (Å²) in [5.41, 5.74) is -0.434. The van der Waals surface area contributed by atoms with Crippen LogP contribution in [0.5, 0.6) is 0 Å². The monoisotopic (exact) mass is 277 g/mol. The van der Waals surface area contributed by atoms with E-state index in [9.17, 15) is 17.2 Å². The van der Waals surface area contributed by atoms with E-state index in [0.29, 0.717) is 6.07 Å². The Hall–Kier alpha value is -1.05. The van der Waals surface area contributed by atoms with E-state index in [1.54, 1.807) is 0 Å². The maximum Gasteiger partial charge on any atom is 0.243 e. The molecule has 1 aromatic carbocycles. The topological polar surface area (TPSA) is 66.4 Å². The van der Waals surface area contributed by atoms with Crippen molar-refractivity contribution in [1.29, 1.82) is 0 Å². The minimum Gasteiger partial charge on any atom is -0.396 e. The van der Waals surface area contributed by atoms with Gasteiger partial charge in [-0.15, -0.1) is 0 Å². The summed E-state index contributed by atoms with van der Waals surface area (Å²) in [6.45, 7) is -0.0943. The first-order valence-corrected chi connectivity index (χ1v) is 6.92. The lowest BCUT2D eigenvalue weighted by Gasteiger charge is -2.13. The molecular weight excluding hydrogens is 264 g/mol. The molecule has 0 radical (unpaired) electrons. The number of hydrogen-bond donors (Lipinski definition) is 2. The van der Waals surface area contributed by atoms with E-state index >= 15 is 0 Å². The third kappa shape index (κ3) is 2.68. The predicted octanol–water partition coefficient (Wildman–Crippen LogP) is 1.02. The molecule has 1 saturated carbocycles. The van der Waals surface area contributed by atoms with Crippen molar-refractivity contribution in [2.24, 2.45) is 5.41 Å². The summed E-state index contributed by atoms with van der Waals surface area (Å²) in [5, 5.41) is 9.05. The van der Waals surface area contributed by atoms with Crippen LogP contribution in [-0.4, -0.2) is 26.7 Å². The van der Waals surface area contributed by atoms with E-state index in [-0.39, 0.29) is 13.2 Å². The highest BCUT2D eigenvalue weighted by molar-refractivity contribution is 7.89. The molecule has 0 amide bonds. The van der Waals surface area contributed by atoms with E-state index in [4.69, 9.17) is 5.11 Å². The summed E-state index contributed by atoms with van der Waals surface area (Å²) < 4.78 is 52.1. The number of aliphatic hydroxyl groups is 1. The highest BCUT2D eigenvalue weighted by Crippen LogP contribution is 2.44. The molecule has 1 aliphatic carbocycles. The fourth-order valence-electron chi connectivity index (χ4n) is 1.58. The molecule has 2 N–H and O–H groups in total. The summed E-state index contributed by atoms with van der Waals surface area (Å²) >= 11 is 0. The number of hydrogen-bond acceptors (Lipinski definition) is 3. The molecule has 0 aromatic heterocycles. The summed E-state index contributed by atoms with van der Waals surface area (Å²) in [6.07, 6.45) is 1.44. The van der Waals surface area contributed by atoms with E-state index in [1.165, 1.54) is 0 Å². The first-order valence-electron chi connectivity index (χ1n) is 5.44. The van der Waals surface area contributed by atoms with Crippen LogP contribution in [0.3, 0.4) is 0 Å². The van der Waals surface area contributed by atoms with Crippen LogP contribution in [0.1, 0.15) is 12.8 Å². The van der Waals surface area contributed by atoms with Crippen LogP contribution in [0.4, 0.5) is 8.78 Å². The highest BCUT2D eigenvalue weighted by atomic mass is 32.2. The van der Waals surface area contributed by atoms with Crippen molar-refractivity contribution in [1.82, 2.24) is 4.72 Å². The average Bonchev–Trinajstić information content (AvgIpc) is 3.11. The molecular formula is C11H13F2NO3S. The largest absolute Gasteiger partial charge is 0.396 e. The first kappa shape index (κ1) is 13.4. The molecule has 0 saturated heterocycles. The lowest BCUT2D eigenvalue weighted by atomic mass is 10.1. The Bertz CT molecular complexity index is 555. The quantitative estimate of drug-likeness (QED) is 0.844. The van der Waals surface area contributed by atoms with Crippen molar-refractivity contribution < 1.29 is 22.3 Å². The van der Waals surface area contributed by atoms with Gasteiger partial charge >= 0.3 is 0 Å². The van der Waals surface area contributed by atoms with Gasteiger partial charge < -0.3 is 5.11 Å². The second-order valence-corrected chi connectivity index (χ2v) is 6.29. The molecule has 1 fully saturated rings. The van der Waals surface area contributed by atoms with Crippen molar-refractivity contribution in [3.63, 3.8) is 0 Å². The first-order chi connectivity index (χ1) is 8.38. The van der Waals surface area contributed by atoms with Crippen LogP contribution >= 0.6 is 0 Å². The van der Waals surface area contributed by atoms with Gasteiger partial charge in [0.2, 0.25) is 10.0 Å². The van der Waals surface area contributed by atoms with Crippen LogP contribution in [0, 0.1) is 17.0 Å². The number of nitrogens with one attached hydrogen (secondary N) is 1. The van der Waals surface area contributed by atoms with Gasteiger partial charge in [0.25, 0.3) is 0 Å². The van der Waals surface area contributed by atoms with Gasteiger partial charge in [-0.1, -0.05) is 0 Å². The Morgan fingerprint density at radius 1 is 1.33 bits per heavy atom. The zero-order valence-corrected chi connectivity index (χ0v) is 10.3. The third-order valence-electron chi connectivity index (χ3n) is 3.11. The molecule has 1 aromatic rings. The summed E-state index contributed by atoms with van der Waals surface area (Å²) in [7, 11) is -4.09. The molecule has 18 heavy (non-hydrogen) atoms. The smallest absolute Gasteiger partial charge is 0.243 e. The predicted molar refractivity (Wildman–Crippen MR) is 60.3 cm³/mol. The van der Waals surface area contributed by atoms with Gasteiger partial charge in [0.05, 0.1) is 0 Å². The summed E-state index contributed by atoms with van der Waals surface area (Å²) in [5.74, 6) is -1.82. The van der Waals surface area contributed by atoms with Gasteiger partial charge in [-0.25, -0.2) is 21.9 Å². The number of halogens is 2. The van der Waals surface area contributed by atoms with Crippen molar-refractivity contribution in [3.8, 4) is 0 Å². The van der Waals surface area contributed by atoms with Crippen molar-refractivity contribution in [2.45, 2.75) is 17.7 Å². The lowest BCUT2D eigenvalue weighted by molar-refractivity contribution is 0.213. The highest BCUT2D eigenvalue weighted by Gasteiger charge is 2.42. The van der Waals surface area contributed by atoms with Gasteiger partial charge in [0, 0.05) is 18.6 Å². The Balaban J connectivity index is 2.18. The van der Waals surface area contributed by atoms with Crippen LogP contribution < -0.4 is 4.72 Å². The summed E-state index contributed by atoms with van der Waals surface area (Å²) in [4.78, 5) is -0.712. The third-order valence-corrected chi connectivity index (χ3v) is 4.53. The molecule has 2 rings (SSSR count). The van der Waals surface area contributed by atoms with E-state index in [2.05, 4.69) is 4.72 Å². The van der Waals surface area contributed by atoms with E-state index in [1.807, 2.05) is 0 Å². The normalized spacial score (nSPS) is 17.7. The number of sulfonamides is 1. The lowest BCUT2D eigenvalue weighted by Crippen LogP contribution is -2.32. The zero-order chi connectivity index (χ0) is 13.4. The second kappa shape index (κ2) is 4.56. The van der Waals surface area contributed by atoms with Crippen molar-refractivity contribution >= 4 is 10.0 Å². The Labute approximate surface area is 104 Å². The van der Waals surface area contributed by atoms with Crippen LogP contribution in [0.15, 0.2) is 23.1 Å². The average molecular weight is 277 g/mol. The Kier molecular flexibility index (Phi) is 3.39. The second-order valence-electron chi connectivity index (χ2n) is 4.56. The molecule has 4 nitrogen and oxygen atoms in total. The molecule has 1 aliphatic rings. The molecule has 7 heteroatoms. The summed E-state index contributed by atoms with van der Waals surface area (Å²) in [6, 6.07) is 2.25. The molecule has 0 bridgehead atoms. The van der Waals surface area contributed by atoms with Gasteiger partial charge in [-0.2, -0.15) is 0 Å². The van der Waals surface area contributed by atoms with Crippen LogP contribution in [0.25, 0.3) is 0 Å². The van der Waals surface area contributed by atoms with Crippen LogP contribution in [-0.2, 0) is 10.0 Å². The molecule has 0 unspecified atom stereocenters. The fourth-order valence-corrected chi connectivity index (χ4v) is 2.82. The maximum atomic E-state index is 13.3. The van der Waals surface area contributed by atoms with Gasteiger partial charge in [-0.05, 0) is 31.0 Å². The molecule has 0 atom stereocenters. The van der Waals surface area contributed by atoms with Crippen molar-refractivity contribution in [2.75, 3.05) is 13.2 Å². The standard InChI is InChI=1S/C11H13F2NO3S/c12-8-1-2-9(13)10(5-8)18(16,17)14-6-11(7-15)3-4-11/h1-2,5,14-15H,3-4,6-7H2. The molecule has 100 valence electrons. The van der Waals surface area contributed by atoms with Crippen molar-refractivity contribution in [3.05, 3.63) is 29.8 Å². The van der Waals surface area contributed by atoms with E-state index in [0.717, 1.165) is 25.0 Å². The molecule has 0 heterocycles. The number of aliphatic hydroxyl groups excluding tert-OH is 1. The zero-order valence-electron chi connectivity index (χ0n) is 9.49. The SMILES string of the molecule is O=S(=O)(NCC1(CO)CC1)c1cc(F)ccc1F. The van der Waals surface area contributed by atoms with Gasteiger partial charge in [0.15, 0.2) is 0 Å². The number of rotatable bonds is 5. The maximum absolute atomic E-state index is 13.3. The Morgan fingerprint density at radius 3 is 2.56 bits per heavy atom. The molecule has 0 spiro atoms. The fraction of sp³-hybridized carbons (Fsp3) is 0.455. The van der Waals surface area contributed by atoms with E-state index < -0.39 is 32.0 Å². The minimum absolute atomic E-state index is 0.0296. The minimum atomic E-state index is -4.09. The van der Waals surface area contributed by atoms with Crippen LogP contribution in [0.2, 0.25) is 0 Å². The van der Waals surface area contributed by atoms with Gasteiger partial charge in [-0.3, -0.25) is 0 Å².